The van der Waals surface area contributed by atoms with Gasteiger partial charge in [0.05, 0.1) is 19.9 Å². The number of nitrogens with one attached hydrogen (secondary N) is 1. The van der Waals surface area contributed by atoms with E-state index in [2.05, 4.69) is 28.7 Å². The number of hydrogen-bond donors (Lipinski definition) is 1. The fourth-order valence-electron chi connectivity index (χ4n) is 2.53. The molecule has 100 valence electrons. The molecular weight excluding hydrogens is 238 g/mol. The summed E-state index contributed by atoms with van der Waals surface area (Å²) in [6, 6.07) is 8.65. The molecule has 4 heteroatoms. The minimum absolute atomic E-state index is 0.573. The van der Waals surface area contributed by atoms with Gasteiger partial charge in [-0.15, -0.1) is 0 Å². The highest BCUT2D eigenvalue weighted by molar-refractivity contribution is 5.62. The van der Waals surface area contributed by atoms with Crippen molar-refractivity contribution in [3.05, 3.63) is 36.7 Å². The molecule has 1 aromatic carbocycles. The Balaban J connectivity index is 1.72. The zero-order valence-corrected chi connectivity index (χ0v) is 11.2. The second-order valence-electron chi connectivity index (χ2n) is 4.97. The van der Waals surface area contributed by atoms with E-state index in [1.165, 1.54) is 18.4 Å². The van der Waals surface area contributed by atoms with E-state index in [9.17, 15) is 0 Å². The highest BCUT2D eigenvalue weighted by atomic mass is 16.5. The molecule has 0 saturated carbocycles. The predicted molar refractivity (Wildman–Crippen MR) is 75.2 cm³/mol. The summed E-state index contributed by atoms with van der Waals surface area (Å²) in [4.78, 5) is 0. The molecule has 1 N–H and O–H groups in total. The van der Waals surface area contributed by atoms with Crippen LogP contribution in [-0.2, 0) is 6.54 Å². The highest BCUT2D eigenvalue weighted by Gasteiger charge is 2.14. The van der Waals surface area contributed by atoms with Crippen molar-refractivity contribution in [2.75, 3.05) is 13.7 Å². The minimum Gasteiger partial charge on any atom is -0.497 e. The Morgan fingerprint density at radius 2 is 2.16 bits per heavy atom. The average Bonchev–Trinajstić information content (AvgIpc) is 3.11. The number of nitrogens with zero attached hydrogens (tertiary/aromatic N) is 2. The second-order valence-corrected chi connectivity index (χ2v) is 4.97. The largest absolute Gasteiger partial charge is 0.497 e. The number of benzene rings is 1. The van der Waals surface area contributed by atoms with Crippen LogP contribution in [0.15, 0.2) is 36.7 Å². The van der Waals surface area contributed by atoms with Crippen LogP contribution in [0.3, 0.4) is 0 Å². The average molecular weight is 257 g/mol. The van der Waals surface area contributed by atoms with Gasteiger partial charge in [-0.2, -0.15) is 5.10 Å². The molecule has 1 aliphatic heterocycles. The lowest BCUT2D eigenvalue weighted by Gasteiger charge is -2.09. The van der Waals surface area contributed by atoms with Crippen molar-refractivity contribution in [2.45, 2.75) is 25.4 Å². The van der Waals surface area contributed by atoms with Gasteiger partial charge in [0, 0.05) is 17.8 Å². The Hall–Kier alpha value is -1.81. The van der Waals surface area contributed by atoms with Crippen LogP contribution in [-0.4, -0.2) is 29.5 Å². The maximum absolute atomic E-state index is 5.17. The first-order chi connectivity index (χ1) is 9.35. The number of hydrogen-bond acceptors (Lipinski definition) is 3. The van der Waals surface area contributed by atoms with Gasteiger partial charge in [0.2, 0.25) is 0 Å². The Bertz CT molecular complexity index is 527. The second kappa shape index (κ2) is 5.45. The summed E-state index contributed by atoms with van der Waals surface area (Å²) >= 11 is 0. The topological polar surface area (TPSA) is 39.1 Å². The van der Waals surface area contributed by atoms with Crippen molar-refractivity contribution >= 4 is 0 Å². The minimum atomic E-state index is 0.573. The van der Waals surface area contributed by atoms with E-state index in [-0.39, 0.29) is 0 Å². The van der Waals surface area contributed by atoms with Crippen LogP contribution in [0.2, 0.25) is 0 Å². The van der Waals surface area contributed by atoms with Gasteiger partial charge in [0.25, 0.3) is 0 Å². The van der Waals surface area contributed by atoms with E-state index in [4.69, 9.17) is 4.74 Å². The van der Waals surface area contributed by atoms with Gasteiger partial charge in [-0.1, -0.05) is 12.1 Å². The molecule has 2 heterocycles. The predicted octanol–water partition coefficient (Wildman–Crippen LogP) is 2.31. The van der Waals surface area contributed by atoms with Crippen LogP contribution in [0.25, 0.3) is 11.1 Å². The molecular formula is C15H19N3O. The molecule has 0 bridgehead atoms. The van der Waals surface area contributed by atoms with E-state index in [1.54, 1.807) is 7.11 Å². The van der Waals surface area contributed by atoms with Gasteiger partial charge < -0.3 is 10.1 Å². The summed E-state index contributed by atoms with van der Waals surface area (Å²) in [6.45, 7) is 2.09. The monoisotopic (exact) mass is 257 g/mol. The first kappa shape index (κ1) is 12.2. The van der Waals surface area contributed by atoms with Crippen LogP contribution >= 0.6 is 0 Å². The van der Waals surface area contributed by atoms with Crippen LogP contribution in [0, 0.1) is 0 Å². The number of aromatic nitrogens is 2. The molecule has 3 rings (SSSR count). The molecule has 19 heavy (non-hydrogen) atoms. The first-order valence-corrected chi connectivity index (χ1v) is 6.75. The summed E-state index contributed by atoms with van der Waals surface area (Å²) < 4.78 is 7.20. The molecule has 1 aliphatic rings. The van der Waals surface area contributed by atoms with Gasteiger partial charge in [0.15, 0.2) is 0 Å². The van der Waals surface area contributed by atoms with E-state index in [0.717, 1.165) is 24.4 Å². The van der Waals surface area contributed by atoms with Gasteiger partial charge >= 0.3 is 0 Å². The normalized spacial score (nSPS) is 18.7. The molecule has 1 aromatic heterocycles. The van der Waals surface area contributed by atoms with Crippen LogP contribution in [0.4, 0.5) is 0 Å². The molecule has 1 atom stereocenters. The summed E-state index contributed by atoms with van der Waals surface area (Å²) in [5.74, 6) is 0.881. The SMILES string of the molecule is COc1ccc(-c2cnn(CC3CCCN3)c2)cc1. The Kier molecular flexibility index (Phi) is 3.51. The molecule has 0 spiro atoms. The standard InChI is InChI=1S/C15H19N3O/c1-19-15-6-4-12(5-7-15)13-9-17-18(10-13)11-14-3-2-8-16-14/h4-7,9-10,14,16H,2-3,8,11H2,1H3. The quantitative estimate of drug-likeness (QED) is 0.913. The fourth-order valence-corrected chi connectivity index (χ4v) is 2.53. The molecule has 0 amide bonds. The lowest BCUT2D eigenvalue weighted by molar-refractivity contribution is 0.415. The van der Waals surface area contributed by atoms with Crippen molar-refractivity contribution in [1.29, 1.82) is 0 Å². The third kappa shape index (κ3) is 2.79. The van der Waals surface area contributed by atoms with Crippen molar-refractivity contribution in [1.82, 2.24) is 15.1 Å². The van der Waals surface area contributed by atoms with Crippen LogP contribution < -0.4 is 10.1 Å². The third-order valence-electron chi connectivity index (χ3n) is 3.63. The molecule has 1 unspecified atom stereocenters. The Morgan fingerprint density at radius 1 is 1.32 bits per heavy atom. The molecule has 0 radical (unpaired) electrons. The van der Waals surface area contributed by atoms with E-state index in [1.807, 2.05) is 23.0 Å². The molecule has 1 fully saturated rings. The number of rotatable bonds is 4. The zero-order valence-electron chi connectivity index (χ0n) is 11.2. The van der Waals surface area contributed by atoms with Gasteiger partial charge in [-0.25, -0.2) is 0 Å². The van der Waals surface area contributed by atoms with Crippen molar-refractivity contribution in [3.63, 3.8) is 0 Å². The molecule has 1 saturated heterocycles. The summed E-state index contributed by atoms with van der Waals surface area (Å²) in [6.07, 6.45) is 6.56. The highest BCUT2D eigenvalue weighted by Crippen LogP contribution is 2.22. The first-order valence-electron chi connectivity index (χ1n) is 6.75. The lowest BCUT2D eigenvalue weighted by atomic mass is 10.1. The van der Waals surface area contributed by atoms with E-state index < -0.39 is 0 Å². The van der Waals surface area contributed by atoms with Crippen LogP contribution in [0.1, 0.15) is 12.8 Å². The van der Waals surface area contributed by atoms with Gasteiger partial charge in [0.1, 0.15) is 5.75 Å². The molecule has 0 aliphatic carbocycles. The van der Waals surface area contributed by atoms with E-state index >= 15 is 0 Å². The van der Waals surface area contributed by atoms with Crippen molar-refractivity contribution in [3.8, 4) is 16.9 Å². The summed E-state index contributed by atoms with van der Waals surface area (Å²) in [7, 11) is 1.68. The number of methoxy groups -OCH3 is 1. The van der Waals surface area contributed by atoms with Crippen LogP contribution in [0.5, 0.6) is 5.75 Å². The van der Waals surface area contributed by atoms with Crippen molar-refractivity contribution < 1.29 is 4.74 Å². The zero-order chi connectivity index (χ0) is 13.1. The number of ether oxygens (including phenoxy) is 1. The lowest BCUT2D eigenvalue weighted by Crippen LogP contribution is -2.26. The van der Waals surface area contributed by atoms with Gasteiger partial charge in [-0.05, 0) is 37.1 Å². The van der Waals surface area contributed by atoms with E-state index in [0.29, 0.717) is 6.04 Å². The Labute approximate surface area is 113 Å². The maximum atomic E-state index is 5.17. The molecule has 4 nitrogen and oxygen atoms in total. The summed E-state index contributed by atoms with van der Waals surface area (Å²) in [5.41, 5.74) is 2.33. The van der Waals surface area contributed by atoms with Crippen molar-refractivity contribution in [2.24, 2.45) is 0 Å². The maximum Gasteiger partial charge on any atom is 0.118 e. The summed E-state index contributed by atoms with van der Waals surface area (Å²) in [5, 5.41) is 7.94. The van der Waals surface area contributed by atoms with Gasteiger partial charge in [-0.3, -0.25) is 4.68 Å². The Morgan fingerprint density at radius 3 is 2.84 bits per heavy atom. The molecule has 2 aromatic rings. The third-order valence-corrected chi connectivity index (χ3v) is 3.63. The smallest absolute Gasteiger partial charge is 0.118 e. The fraction of sp³-hybridized carbons (Fsp3) is 0.400.